The summed E-state index contributed by atoms with van der Waals surface area (Å²) in [5.74, 6) is 0.909. The van der Waals surface area contributed by atoms with Crippen LogP contribution in [-0.2, 0) is 0 Å². The number of aromatic nitrogens is 1. The highest BCUT2D eigenvalue weighted by Gasteiger charge is 2.16. The van der Waals surface area contributed by atoms with Crippen molar-refractivity contribution in [3.63, 3.8) is 0 Å². The second-order valence-corrected chi connectivity index (χ2v) is 8.67. The third-order valence-corrected chi connectivity index (χ3v) is 5.21. The van der Waals surface area contributed by atoms with Crippen molar-refractivity contribution in [2.45, 2.75) is 13.8 Å². The minimum Gasteiger partial charge on any atom is -0.508 e. The zero-order valence-electron chi connectivity index (χ0n) is 18.9. The van der Waals surface area contributed by atoms with E-state index in [0.29, 0.717) is 35.0 Å². The Morgan fingerprint density at radius 3 is 2.62 bits per heavy atom. The molecule has 1 heterocycles. The molecule has 0 bridgehead atoms. The van der Waals surface area contributed by atoms with Gasteiger partial charge in [-0.15, -0.1) is 0 Å². The summed E-state index contributed by atoms with van der Waals surface area (Å²) in [5, 5.41) is 16.1. The van der Waals surface area contributed by atoms with Gasteiger partial charge >= 0.3 is 0 Å². The maximum Gasteiger partial charge on any atom is 0.258 e. The van der Waals surface area contributed by atoms with Crippen LogP contribution >= 0.6 is 12.2 Å². The molecule has 0 radical (unpaired) electrons. The molecular formula is C27H25N3O3S. The van der Waals surface area contributed by atoms with E-state index >= 15 is 0 Å². The van der Waals surface area contributed by atoms with Crippen LogP contribution in [0.15, 0.2) is 78.9 Å². The summed E-state index contributed by atoms with van der Waals surface area (Å²) < 4.78 is 5.86. The normalized spacial score (nSPS) is 10.8. The zero-order chi connectivity index (χ0) is 24.1. The monoisotopic (exact) mass is 471 g/mol. The first-order valence-electron chi connectivity index (χ1n) is 10.9. The summed E-state index contributed by atoms with van der Waals surface area (Å²) in [6.07, 6.45) is 0. The standard InChI is InChI=1S/C27H25N3O3S/c1-17(2)16-33-21-10-5-7-18(13-21)25-15-23(22-11-3-4-12-24(22)29-25)26(32)30-27(34)28-19-8-6-9-20(31)14-19/h3-15,17,31H,16H2,1-2H3,(H2,28,30,32,34). The number of phenols is 1. The molecule has 0 saturated heterocycles. The van der Waals surface area contributed by atoms with Gasteiger partial charge in [-0.3, -0.25) is 10.1 Å². The number of benzene rings is 3. The molecule has 4 aromatic rings. The minimum atomic E-state index is -0.357. The Kier molecular flexibility index (Phi) is 7.04. The predicted molar refractivity (Wildman–Crippen MR) is 139 cm³/mol. The molecule has 1 amide bonds. The van der Waals surface area contributed by atoms with Crippen molar-refractivity contribution in [2.75, 3.05) is 11.9 Å². The molecule has 0 spiro atoms. The molecule has 0 aliphatic rings. The number of rotatable bonds is 6. The quantitative estimate of drug-likeness (QED) is 0.310. The summed E-state index contributed by atoms with van der Waals surface area (Å²) in [5.41, 5.74) is 3.23. The largest absolute Gasteiger partial charge is 0.508 e. The van der Waals surface area contributed by atoms with Crippen LogP contribution in [0.1, 0.15) is 24.2 Å². The third kappa shape index (κ3) is 5.68. The van der Waals surface area contributed by atoms with Crippen molar-refractivity contribution in [3.8, 4) is 22.8 Å². The molecule has 0 aliphatic carbocycles. The van der Waals surface area contributed by atoms with Gasteiger partial charge in [-0.25, -0.2) is 4.98 Å². The molecule has 1 aromatic heterocycles. The Bertz CT molecular complexity index is 1350. The summed E-state index contributed by atoms with van der Waals surface area (Å²) in [4.78, 5) is 18.0. The molecule has 0 aliphatic heterocycles. The van der Waals surface area contributed by atoms with Crippen molar-refractivity contribution in [1.82, 2.24) is 10.3 Å². The van der Waals surface area contributed by atoms with E-state index in [0.717, 1.165) is 16.7 Å². The number of pyridine rings is 1. The number of fused-ring (bicyclic) bond motifs is 1. The fraction of sp³-hybridized carbons (Fsp3) is 0.148. The fourth-order valence-electron chi connectivity index (χ4n) is 3.44. The van der Waals surface area contributed by atoms with Gasteiger partial charge < -0.3 is 15.2 Å². The highest BCUT2D eigenvalue weighted by Crippen LogP contribution is 2.27. The van der Waals surface area contributed by atoms with Gasteiger partial charge in [0.05, 0.1) is 23.4 Å². The Labute approximate surface area is 203 Å². The van der Waals surface area contributed by atoms with Gasteiger partial charge in [-0.05, 0) is 54.5 Å². The second kappa shape index (κ2) is 10.3. The number of nitrogens with one attached hydrogen (secondary N) is 2. The molecule has 0 fully saturated rings. The van der Waals surface area contributed by atoms with E-state index in [4.69, 9.17) is 21.9 Å². The maximum atomic E-state index is 13.2. The summed E-state index contributed by atoms with van der Waals surface area (Å²) in [7, 11) is 0. The number of aromatic hydroxyl groups is 1. The lowest BCUT2D eigenvalue weighted by Crippen LogP contribution is -2.34. The molecular weight excluding hydrogens is 446 g/mol. The fourth-order valence-corrected chi connectivity index (χ4v) is 3.65. The number of phenolic OH excluding ortho intramolecular Hbond substituents is 1. The lowest BCUT2D eigenvalue weighted by atomic mass is 10.0. The van der Waals surface area contributed by atoms with Crippen LogP contribution < -0.4 is 15.4 Å². The predicted octanol–water partition coefficient (Wildman–Crippen LogP) is 5.77. The number of para-hydroxylation sites is 1. The van der Waals surface area contributed by atoms with Gasteiger partial charge in [0.1, 0.15) is 11.5 Å². The summed E-state index contributed by atoms with van der Waals surface area (Å²) in [6, 6.07) is 23.4. The van der Waals surface area contributed by atoms with Crippen LogP contribution in [0, 0.1) is 5.92 Å². The van der Waals surface area contributed by atoms with E-state index in [2.05, 4.69) is 24.5 Å². The lowest BCUT2D eigenvalue weighted by molar-refractivity contribution is 0.0979. The Morgan fingerprint density at radius 2 is 1.82 bits per heavy atom. The van der Waals surface area contributed by atoms with Crippen molar-refractivity contribution in [3.05, 3.63) is 84.4 Å². The molecule has 3 aromatic carbocycles. The minimum absolute atomic E-state index is 0.100. The summed E-state index contributed by atoms with van der Waals surface area (Å²) >= 11 is 5.31. The Balaban J connectivity index is 1.63. The molecule has 0 atom stereocenters. The Morgan fingerprint density at radius 1 is 1.03 bits per heavy atom. The van der Waals surface area contributed by atoms with Crippen LogP contribution in [-0.4, -0.2) is 27.7 Å². The third-order valence-electron chi connectivity index (χ3n) is 5.01. The van der Waals surface area contributed by atoms with Crippen molar-refractivity contribution in [1.29, 1.82) is 0 Å². The number of carbonyl (C=O) groups excluding carboxylic acids is 1. The number of carbonyl (C=O) groups is 1. The topological polar surface area (TPSA) is 83.5 Å². The number of nitrogens with zero attached hydrogens (tertiary/aromatic N) is 1. The van der Waals surface area contributed by atoms with Crippen molar-refractivity contribution in [2.24, 2.45) is 5.92 Å². The van der Waals surface area contributed by atoms with Crippen molar-refractivity contribution >= 4 is 39.8 Å². The maximum absolute atomic E-state index is 13.2. The van der Waals surface area contributed by atoms with Gasteiger partial charge in [0.15, 0.2) is 5.11 Å². The van der Waals surface area contributed by atoms with Crippen LogP contribution in [0.5, 0.6) is 11.5 Å². The molecule has 0 saturated carbocycles. The van der Waals surface area contributed by atoms with E-state index in [1.165, 1.54) is 6.07 Å². The van der Waals surface area contributed by atoms with Crippen LogP contribution in [0.25, 0.3) is 22.2 Å². The molecule has 3 N–H and O–H groups in total. The van der Waals surface area contributed by atoms with Gasteiger partial charge in [0.2, 0.25) is 0 Å². The van der Waals surface area contributed by atoms with Gasteiger partial charge in [-0.2, -0.15) is 0 Å². The second-order valence-electron chi connectivity index (χ2n) is 8.26. The van der Waals surface area contributed by atoms with Crippen LogP contribution in [0.3, 0.4) is 0 Å². The highest BCUT2D eigenvalue weighted by molar-refractivity contribution is 7.80. The first-order valence-corrected chi connectivity index (χ1v) is 11.3. The van der Waals surface area contributed by atoms with E-state index in [-0.39, 0.29) is 16.8 Å². The van der Waals surface area contributed by atoms with E-state index in [1.807, 2.05) is 48.5 Å². The zero-order valence-corrected chi connectivity index (χ0v) is 19.7. The number of amides is 1. The number of ether oxygens (including phenoxy) is 1. The molecule has 172 valence electrons. The number of anilines is 1. The Hall–Kier alpha value is -3.97. The SMILES string of the molecule is CC(C)COc1cccc(-c2cc(C(=O)NC(=S)Nc3cccc(O)c3)c3ccccc3n2)c1. The average molecular weight is 472 g/mol. The summed E-state index contributed by atoms with van der Waals surface area (Å²) in [6.45, 7) is 4.81. The first kappa shape index (κ1) is 23.2. The van der Waals surface area contributed by atoms with E-state index in [9.17, 15) is 9.90 Å². The molecule has 4 rings (SSSR count). The highest BCUT2D eigenvalue weighted by atomic mass is 32.1. The van der Waals surface area contributed by atoms with Crippen LogP contribution in [0.2, 0.25) is 0 Å². The average Bonchev–Trinajstić information content (AvgIpc) is 2.82. The number of thiocarbonyl (C=S) groups is 1. The molecule has 0 unspecified atom stereocenters. The molecule has 7 heteroatoms. The lowest BCUT2D eigenvalue weighted by Gasteiger charge is -2.13. The smallest absolute Gasteiger partial charge is 0.258 e. The van der Waals surface area contributed by atoms with Gasteiger partial charge in [0.25, 0.3) is 5.91 Å². The van der Waals surface area contributed by atoms with Gasteiger partial charge in [-0.1, -0.05) is 50.2 Å². The van der Waals surface area contributed by atoms with Gasteiger partial charge in [0, 0.05) is 22.7 Å². The number of hydrogen-bond donors (Lipinski definition) is 3. The van der Waals surface area contributed by atoms with Crippen LogP contribution in [0.4, 0.5) is 5.69 Å². The number of hydrogen-bond acceptors (Lipinski definition) is 5. The van der Waals surface area contributed by atoms with Crippen molar-refractivity contribution < 1.29 is 14.6 Å². The molecule has 34 heavy (non-hydrogen) atoms. The van der Waals surface area contributed by atoms with E-state index in [1.54, 1.807) is 24.3 Å². The van der Waals surface area contributed by atoms with E-state index < -0.39 is 0 Å². The first-order chi connectivity index (χ1) is 16.4. The molecule has 6 nitrogen and oxygen atoms in total.